The van der Waals surface area contributed by atoms with Gasteiger partial charge in [-0.05, 0) is 69.5 Å². The van der Waals surface area contributed by atoms with E-state index in [4.69, 9.17) is 14.2 Å². The highest BCUT2D eigenvalue weighted by Gasteiger charge is 2.16. The van der Waals surface area contributed by atoms with Crippen LogP contribution in [0.4, 0.5) is 10.5 Å². The summed E-state index contributed by atoms with van der Waals surface area (Å²) in [7, 11) is 1.58. The van der Waals surface area contributed by atoms with Crippen LogP contribution in [0.2, 0.25) is 0 Å². The summed E-state index contributed by atoms with van der Waals surface area (Å²) < 4.78 is 16.0. The zero-order chi connectivity index (χ0) is 25.8. The maximum absolute atomic E-state index is 12.4. The molecule has 0 aromatic heterocycles. The maximum Gasteiger partial charge on any atom is 0.408 e. The predicted molar refractivity (Wildman–Crippen MR) is 134 cm³/mol. The van der Waals surface area contributed by atoms with Crippen molar-refractivity contribution in [2.24, 2.45) is 0 Å². The Balaban J connectivity index is 1.80. The van der Waals surface area contributed by atoms with Crippen LogP contribution in [0, 0.1) is 0 Å². The third kappa shape index (κ3) is 10.4. The molecule has 0 saturated carbocycles. The number of carbonyl (C=O) groups is 3. The molecule has 2 rings (SSSR count). The van der Waals surface area contributed by atoms with Gasteiger partial charge in [0.25, 0.3) is 0 Å². The maximum atomic E-state index is 12.4. The SMILES string of the molecule is CCOc1ccc(CCC(=O)Nc2cccc(CNC(=O)CNC(=O)OC(C)(C)C)c2)cc1OC. The Labute approximate surface area is 206 Å². The second kappa shape index (κ2) is 13.2. The monoisotopic (exact) mass is 485 g/mol. The fourth-order valence-electron chi connectivity index (χ4n) is 3.11. The molecule has 9 heteroatoms. The number of benzene rings is 2. The Morgan fingerprint density at radius 2 is 1.69 bits per heavy atom. The first-order valence-corrected chi connectivity index (χ1v) is 11.5. The van der Waals surface area contributed by atoms with Gasteiger partial charge in [0.15, 0.2) is 11.5 Å². The van der Waals surface area contributed by atoms with Crippen LogP contribution in [0.3, 0.4) is 0 Å². The lowest BCUT2D eigenvalue weighted by Gasteiger charge is -2.19. The van der Waals surface area contributed by atoms with E-state index in [9.17, 15) is 14.4 Å². The number of hydrogen-bond donors (Lipinski definition) is 3. The molecule has 0 atom stereocenters. The van der Waals surface area contributed by atoms with E-state index in [1.54, 1.807) is 46.1 Å². The summed E-state index contributed by atoms with van der Waals surface area (Å²) in [5, 5.41) is 8.02. The molecule has 3 N–H and O–H groups in total. The number of carbonyl (C=O) groups excluding carboxylic acids is 3. The summed E-state index contributed by atoms with van der Waals surface area (Å²) in [6.07, 6.45) is 0.199. The molecule has 9 nitrogen and oxygen atoms in total. The molecule has 0 fully saturated rings. The van der Waals surface area contributed by atoms with Crippen LogP contribution >= 0.6 is 0 Å². The van der Waals surface area contributed by atoms with Gasteiger partial charge in [-0.1, -0.05) is 18.2 Å². The van der Waals surface area contributed by atoms with Gasteiger partial charge in [0.1, 0.15) is 12.1 Å². The van der Waals surface area contributed by atoms with Crippen LogP contribution in [0.1, 0.15) is 45.2 Å². The van der Waals surface area contributed by atoms with Gasteiger partial charge in [-0.15, -0.1) is 0 Å². The molecular weight excluding hydrogens is 450 g/mol. The number of hydrogen-bond acceptors (Lipinski definition) is 6. The highest BCUT2D eigenvalue weighted by atomic mass is 16.6. The van der Waals surface area contributed by atoms with Crippen molar-refractivity contribution in [1.82, 2.24) is 10.6 Å². The summed E-state index contributed by atoms with van der Waals surface area (Å²) >= 11 is 0. The molecule has 0 aliphatic heterocycles. The molecule has 2 aromatic rings. The smallest absolute Gasteiger partial charge is 0.408 e. The topological polar surface area (TPSA) is 115 Å². The van der Waals surface area contributed by atoms with Crippen molar-refractivity contribution >= 4 is 23.6 Å². The minimum Gasteiger partial charge on any atom is -0.493 e. The lowest BCUT2D eigenvalue weighted by molar-refractivity contribution is -0.120. The second-order valence-corrected chi connectivity index (χ2v) is 8.80. The van der Waals surface area contributed by atoms with Crippen molar-refractivity contribution in [3.8, 4) is 11.5 Å². The number of nitrogens with one attached hydrogen (secondary N) is 3. The van der Waals surface area contributed by atoms with Gasteiger partial charge in [-0.25, -0.2) is 4.79 Å². The van der Waals surface area contributed by atoms with Gasteiger partial charge in [-0.3, -0.25) is 9.59 Å². The Kier molecular flexibility index (Phi) is 10.4. The molecule has 0 radical (unpaired) electrons. The molecule has 3 amide bonds. The number of aryl methyl sites for hydroxylation is 1. The lowest BCUT2D eigenvalue weighted by Crippen LogP contribution is -2.39. The number of alkyl carbamates (subject to hydrolysis) is 1. The number of ether oxygens (including phenoxy) is 3. The molecule has 0 heterocycles. The van der Waals surface area contributed by atoms with Crippen molar-refractivity contribution < 1.29 is 28.6 Å². The Bertz CT molecular complexity index is 1020. The predicted octanol–water partition coefficient (Wildman–Crippen LogP) is 3.81. The van der Waals surface area contributed by atoms with E-state index in [0.717, 1.165) is 11.1 Å². The van der Waals surface area contributed by atoms with E-state index in [2.05, 4.69) is 16.0 Å². The molecule has 2 aromatic carbocycles. The van der Waals surface area contributed by atoms with Crippen molar-refractivity contribution in [1.29, 1.82) is 0 Å². The molecular formula is C26H35N3O6. The first-order chi connectivity index (χ1) is 16.6. The Morgan fingerprint density at radius 1 is 0.914 bits per heavy atom. The van der Waals surface area contributed by atoms with Crippen molar-refractivity contribution in [2.75, 3.05) is 25.6 Å². The Hall–Kier alpha value is -3.75. The fourth-order valence-corrected chi connectivity index (χ4v) is 3.11. The number of rotatable bonds is 11. The molecule has 0 aliphatic carbocycles. The van der Waals surface area contributed by atoms with Crippen LogP contribution in [0.25, 0.3) is 0 Å². The largest absolute Gasteiger partial charge is 0.493 e. The summed E-state index contributed by atoms with van der Waals surface area (Å²) in [4.78, 5) is 36.1. The van der Waals surface area contributed by atoms with E-state index in [1.807, 2.05) is 31.2 Å². The van der Waals surface area contributed by atoms with E-state index >= 15 is 0 Å². The second-order valence-electron chi connectivity index (χ2n) is 8.80. The molecule has 0 saturated heterocycles. The first-order valence-electron chi connectivity index (χ1n) is 11.5. The van der Waals surface area contributed by atoms with E-state index in [-0.39, 0.29) is 24.9 Å². The summed E-state index contributed by atoms with van der Waals surface area (Å²) in [6, 6.07) is 12.8. The number of amides is 3. The van der Waals surface area contributed by atoms with Crippen LogP contribution in [0.15, 0.2) is 42.5 Å². The van der Waals surface area contributed by atoms with Crippen molar-refractivity contribution in [3.05, 3.63) is 53.6 Å². The standard InChI is InChI=1S/C26H35N3O6/c1-6-34-21-12-10-18(15-22(21)33-5)11-13-23(30)29-20-9-7-8-19(14-20)16-27-24(31)17-28-25(32)35-26(2,3)4/h7-10,12,14-15H,6,11,13,16-17H2,1-5H3,(H,27,31)(H,28,32)(H,29,30). The number of methoxy groups -OCH3 is 1. The average Bonchev–Trinajstić information content (AvgIpc) is 2.80. The fraction of sp³-hybridized carbons (Fsp3) is 0.423. The zero-order valence-corrected chi connectivity index (χ0v) is 21.0. The van der Waals surface area contributed by atoms with E-state index in [1.165, 1.54) is 0 Å². The van der Waals surface area contributed by atoms with Gasteiger partial charge < -0.3 is 30.2 Å². The van der Waals surface area contributed by atoms with Crippen LogP contribution in [-0.2, 0) is 27.3 Å². The highest BCUT2D eigenvalue weighted by Crippen LogP contribution is 2.28. The molecule has 190 valence electrons. The van der Waals surface area contributed by atoms with Gasteiger partial charge >= 0.3 is 6.09 Å². The molecule has 0 unspecified atom stereocenters. The van der Waals surface area contributed by atoms with Crippen molar-refractivity contribution in [2.45, 2.75) is 52.7 Å². The quantitative estimate of drug-likeness (QED) is 0.446. The van der Waals surface area contributed by atoms with Gasteiger partial charge in [0.2, 0.25) is 11.8 Å². The van der Waals surface area contributed by atoms with Crippen LogP contribution < -0.4 is 25.4 Å². The summed E-state index contributed by atoms with van der Waals surface area (Å²) in [5.41, 5.74) is 1.78. The van der Waals surface area contributed by atoms with Gasteiger partial charge in [0.05, 0.1) is 13.7 Å². The lowest BCUT2D eigenvalue weighted by atomic mass is 10.1. The third-order valence-electron chi connectivity index (χ3n) is 4.66. The summed E-state index contributed by atoms with van der Waals surface area (Å²) in [6.45, 7) is 7.75. The zero-order valence-electron chi connectivity index (χ0n) is 21.0. The summed E-state index contributed by atoms with van der Waals surface area (Å²) in [5.74, 6) is 0.838. The molecule has 35 heavy (non-hydrogen) atoms. The van der Waals surface area contributed by atoms with Gasteiger partial charge in [0, 0.05) is 18.7 Å². The minimum atomic E-state index is -0.652. The third-order valence-corrected chi connectivity index (χ3v) is 4.66. The Morgan fingerprint density at radius 3 is 2.37 bits per heavy atom. The molecule has 0 aliphatic rings. The van der Waals surface area contributed by atoms with Crippen molar-refractivity contribution in [3.63, 3.8) is 0 Å². The normalized spacial score (nSPS) is 10.8. The van der Waals surface area contributed by atoms with Crippen LogP contribution in [0.5, 0.6) is 11.5 Å². The van der Waals surface area contributed by atoms with E-state index < -0.39 is 11.7 Å². The van der Waals surface area contributed by atoms with Crippen LogP contribution in [-0.4, -0.2) is 43.8 Å². The first kappa shape index (κ1) is 27.5. The van der Waals surface area contributed by atoms with E-state index in [0.29, 0.717) is 36.6 Å². The number of anilines is 1. The highest BCUT2D eigenvalue weighted by molar-refractivity contribution is 5.91. The van der Waals surface area contributed by atoms with Gasteiger partial charge in [-0.2, -0.15) is 0 Å². The molecule has 0 spiro atoms. The minimum absolute atomic E-state index is 0.124. The molecule has 0 bridgehead atoms. The average molecular weight is 486 g/mol.